The lowest BCUT2D eigenvalue weighted by Crippen LogP contribution is -2.44. The number of nitrogens with zero attached hydrogens (tertiary/aromatic N) is 1. The molecule has 0 bridgehead atoms. The summed E-state index contributed by atoms with van der Waals surface area (Å²) in [6, 6.07) is 4.40. The largest absolute Gasteiger partial charge is 0.497 e. The average Bonchev–Trinajstić information content (AvgIpc) is 2.97. The van der Waals surface area contributed by atoms with Gasteiger partial charge in [0.15, 0.2) is 0 Å². The van der Waals surface area contributed by atoms with Gasteiger partial charge in [-0.15, -0.1) is 0 Å². The van der Waals surface area contributed by atoms with E-state index in [0.29, 0.717) is 30.8 Å². The van der Waals surface area contributed by atoms with Gasteiger partial charge in [0.2, 0.25) is 0 Å². The molecule has 21 heavy (non-hydrogen) atoms. The lowest BCUT2D eigenvalue weighted by molar-refractivity contribution is 0.157. The number of hydrogen-bond donors (Lipinski definition) is 2. The third-order valence-electron chi connectivity index (χ3n) is 3.78. The molecule has 0 radical (unpaired) electrons. The van der Waals surface area contributed by atoms with Crippen LogP contribution in [0.2, 0.25) is 0 Å². The van der Waals surface area contributed by atoms with Crippen LogP contribution in [0, 0.1) is 5.82 Å². The molecule has 0 unspecified atom stereocenters. The first-order valence-corrected chi connectivity index (χ1v) is 7.13. The van der Waals surface area contributed by atoms with Crippen molar-refractivity contribution in [1.82, 2.24) is 10.2 Å². The van der Waals surface area contributed by atoms with Gasteiger partial charge in [-0.3, -0.25) is 0 Å². The second-order valence-corrected chi connectivity index (χ2v) is 5.11. The fraction of sp³-hybridized carbons (Fsp3) is 0.533. The molecule has 0 aromatic heterocycles. The molecule has 0 saturated carbocycles. The van der Waals surface area contributed by atoms with Crippen LogP contribution in [0.3, 0.4) is 0 Å². The molecule has 1 atom stereocenters. The van der Waals surface area contributed by atoms with Gasteiger partial charge < -0.3 is 20.1 Å². The zero-order valence-corrected chi connectivity index (χ0v) is 12.1. The second-order valence-electron chi connectivity index (χ2n) is 5.11. The van der Waals surface area contributed by atoms with Crippen LogP contribution in [0.1, 0.15) is 18.4 Å². The van der Waals surface area contributed by atoms with E-state index in [2.05, 4.69) is 5.32 Å². The van der Waals surface area contributed by atoms with E-state index in [1.54, 1.807) is 17.0 Å². The quantitative estimate of drug-likeness (QED) is 0.866. The van der Waals surface area contributed by atoms with Crippen molar-refractivity contribution in [3.63, 3.8) is 0 Å². The van der Waals surface area contributed by atoms with Crippen LogP contribution in [-0.4, -0.2) is 48.9 Å². The molecular formula is C15H21FN2O3. The van der Waals surface area contributed by atoms with Crippen molar-refractivity contribution < 1.29 is 19.0 Å². The Labute approximate surface area is 123 Å². The van der Waals surface area contributed by atoms with Crippen LogP contribution in [0.15, 0.2) is 18.2 Å². The molecular weight excluding hydrogens is 275 g/mol. The molecule has 1 heterocycles. The summed E-state index contributed by atoms with van der Waals surface area (Å²) in [7, 11) is 1.49. The number of aliphatic hydroxyl groups excluding tert-OH is 1. The van der Waals surface area contributed by atoms with Crippen molar-refractivity contribution in [2.24, 2.45) is 0 Å². The highest BCUT2D eigenvalue weighted by molar-refractivity contribution is 5.74. The summed E-state index contributed by atoms with van der Waals surface area (Å²) in [5.41, 5.74) is 0.538. The molecule has 1 aliphatic heterocycles. The van der Waals surface area contributed by atoms with Crippen molar-refractivity contribution in [3.8, 4) is 5.75 Å². The Hall–Kier alpha value is -1.82. The average molecular weight is 296 g/mol. The van der Waals surface area contributed by atoms with Gasteiger partial charge in [0.1, 0.15) is 11.6 Å². The minimum absolute atomic E-state index is 0.0134. The maximum atomic E-state index is 13.7. The number of aliphatic hydroxyl groups is 1. The van der Waals surface area contributed by atoms with Gasteiger partial charge >= 0.3 is 6.03 Å². The normalized spacial score (nSPS) is 17.9. The number of urea groups is 1. The topological polar surface area (TPSA) is 61.8 Å². The highest BCUT2D eigenvalue weighted by atomic mass is 19.1. The Kier molecular flexibility index (Phi) is 5.38. The van der Waals surface area contributed by atoms with Crippen LogP contribution < -0.4 is 10.1 Å². The van der Waals surface area contributed by atoms with E-state index in [1.165, 1.54) is 13.2 Å². The van der Waals surface area contributed by atoms with Crippen molar-refractivity contribution in [2.75, 3.05) is 26.8 Å². The highest BCUT2D eigenvalue weighted by Crippen LogP contribution is 2.17. The van der Waals surface area contributed by atoms with E-state index in [9.17, 15) is 14.3 Å². The van der Waals surface area contributed by atoms with Crippen LogP contribution in [0.5, 0.6) is 5.75 Å². The number of halogens is 1. The number of carbonyl (C=O) groups excluding carboxylic acids is 1. The first-order chi connectivity index (χ1) is 10.2. The standard InChI is InChI=1S/C15H21FN2O3/c1-21-13-5-4-11(14(16)9-13)6-7-17-15(20)18-8-2-3-12(18)10-19/h4-5,9,12,19H,2-3,6-8,10H2,1H3,(H,17,20)/t12-/m1/s1. The second kappa shape index (κ2) is 7.26. The van der Waals surface area contributed by atoms with Crippen molar-refractivity contribution in [2.45, 2.75) is 25.3 Å². The molecule has 116 valence electrons. The van der Waals surface area contributed by atoms with Gasteiger partial charge in [-0.1, -0.05) is 6.07 Å². The molecule has 5 nitrogen and oxygen atoms in total. The van der Waals surface area contributed by atoms with Gasteiger partial charge in [-0.05, 0) is 30.9 Å². The number of benzene rings is 1. The molecule has 1 aromatic rings. The smallest absolute Gasteiger partial charge is 0.317 e. The number of methoxy groups -OCH3 is 1. The number of rotatable bonds is 5. The number of nitrogens with one attached hydrogen (secondary N) is 1. The SMILES string of the molecule is COc1ccc(CCNC(=O)N2CCC[C@@H]2CO)c(F)c1. The van der Waals surface area contributed by atoms with Crippen molar-refractivity contribution in [1.29, 1.82) is 0 Å². The third-order valence-corrected chi connectivity index (χ3v) is 3.78. The highest BCUT2D eigenvalue weighted by Gasteiger charge is 2.27. The fourth-order valence-corrected chi connectivity index (χ4v) is 2.56. The van der Waals surface area contributed by atoms with Gasteiger partial charge in [0.25, 0.3) is 0 Å². The summed E-state index contributed by atoms with van der Waals surface area (Å²) in [5.74, 6) is 0.140. The number of hydrogen-bond acceptors (Lipinski definition) is 3. The summed E-state index contributed by atoms with van der Waals surface area (Å²) >= 11 is 0. The fourth-order valence-electron chi connectivity index (χ4n) is 2.56. The monoisotopic (exact) mass is 296 g/mol. The van der Waals surface area contributed by atoms with E-state index >= 15 is 0 Å². The molecule has 1 aromatic carbocycles. The Morgan fingerprint density at radius 2 is 2.38 bits per heavy atom. The predicted molar refractivity (Wildman–Crippen MR) is 76.9 cm³/mol. The Morgan fingerprint density at radius 3 is 3.05 bits per heavy atom. The van der Waals surface area contributed by atoms with Crippen LogP contribution in [0.4, 0.5) is 9.18 Å². The van der Waals surface area contributed by atoms with Gasteiger partial charge in [0.05, 0.1) is 19.8 Å². The van der Waals surface area contributed by atoms with Crippen molar-refractivity contribution >= 4 is 6.03 Å². The molecule has 0 aliphatic carbocycles. The van der Waals surface area contributed by atoms with E-state index in [4.69, 9.17) is 4.74 Å². The summed E-state index contributed by atoms with van der Waals surface area (Å²) < 4.78 is 18.7. The van der Waals surface area contributed by atoms with Crippen LogP contribution >= 0.6 is 0 Å². The molecule has 2 amide bonds. The minimum Gasteiger partial charge on any atom is -0.497 e. The van der Waals surface area contributed by atoms with Crippen LogP contribution in [0.25, 0.3) is 0 Å². The van der Waals surface area contributed by atoms with Gasteiger partial charge in [0, 0.05) is 19.2 Å². The summed E-state index contributed by atoms with van der Waals surface area (Å²) in [6.07, 6.45) is 2.15. The molecule has 2 N–H and O–H groups in total. The number of carbonyl (C=O) groups is 1. The molecule has 1 fully saturated rings. The summed E-state index contributed by atoms with van der Waals surface area (Å²) in [5, 5.41) is 12.0. The lowest BCUT2D eigenvalue weighted by Gasteiger charge is -2.23. The number of likely N-dealkylation sites (tertiary alicyclic amines) is 1. The maximum absolute atomic E-state index is 13.7. The lowest BCUT2D eigenvalue weighted by atomic mass is 10.1. The van der Waals surface area contributed by atoms with Crippen LogP contribution in [-0.2, 0) is 6.42 Å². The third kappa shape index (κ3) is 3.85. The Bertz CT molecular complexity index is 496. The van der Waals surface area contributed by atoms with E-state index in [0.717, 1.165) is 12.8 Å². The zero-order valence-electron chi connectivity index (χ0n) is 12.1. The molecule has 2 rings (SSSR count). The van der Waals surface area contributed by atoms with Gasteiger partial charge in [-0.25, -0.2) is 9.18 Å². The maximum Gasteiger partial charge on any atom is 0.317 e. The zero-order chi connectivity index (χ0) is 15.2. The predicted octanol–water partition coefficient (Wildman–Crippen LogP) is 1.54. The number of amides is 2. The minimum atomic E-state index is -0.335. The Morgan fingerprint density at radius 1 is 1.57 bits per heavy atom. The Balaban J connectivity index is 1.82. The molecule has 1 saturated heterocycles. The van der Waals surface area contributed by atoms with E-state index < -0.39 is 0 Å². The van der Waals surface area contributed by atoms with Gasteiger partial charge in [-0.2, -0.15) is 0 Å². The first kappa shape index (κ1) is 15.6. The molecule has 6 heteroatoms. The molecule has 1 aliphatic rings. The number of ether oxygens (including phenoxy) is 1. The summed E-state index contributed by atoms with van der Waals surface area (Å²) in [4.78, 5) is 13.6. The van der Waals surface area contributed by atoms with E-state index in [-0.39, 0.29) is 24.5 Å². The molecule has 0 spiro atoms. The van der Waals surface area contributed by atoms with E-state index in [1.807, 2.05) is 0 Å². The first-order valence-electron chi connectivity index (χ1n) is 7.13. The van der Waals surface area contributed by atoms with Crippen molar-refractivity contribution in [3.05, 3.63) is 29.6 Å². The summed E-state index contributed by atoms with van der Waals surface area (Å²) in [6.45, 7) is 1.01.